The number of carbonyl (C=O) groups is 1. The van der Waals surface area contributed by atoms with Crippen LogP contribution in [0.1, 0.15) is 68.8 Å². The van der Waals surface area contributed by atoms with Crippen molar-refractivity contribution in [3.05, 3.63) is 17.4 Å². The van der Waals surface area contributed by atoms with E-state index in [0.29, 0.717) is 36.9 Å². The monoisotopic (exact) mass is 473 g/mol. The first-order valence-corrected chi connectivity index (χ1v) is 13.1. The normalized spacial score (nSPS) is 23.9. The smallest absolute Gasteiger partial charge is 0.229 e. The average molecular weight is 474 g/mol. The van der Waals surface area contributed by atoms with Gasteiger partial charge in [0, 0.05) is 63.2 Å². The fourth-order valence-electron chi connectivity index (χ4n) is 4.72. The third-order valence-corrected chi connectivity index (χ3v) is 8.20. The van der Waals surface area contributed by atoms with Gasteiger partial charge in [-0.15, -0.1) is 0 Å². The number of nitrogens with zero attached hydrogens (tertiary/aromatic N) is 6. The Morgan fingerprint density at radius 2 is 1.91 bits per heavy atom. The quantitative estimate of drug-likeness (QED) is 0.696. The number of carbonyl (C=O) groups excluding carboxylic acids is 1. The van der Waals surface area contributed by atoms with E-state index in [1.807, 2.05) is 7.05 Å². The molecule has 1 unspecified atom stereocenters. The van der Waals surface area contributed by atoms with Crippen molar-refractivity contribution in [1.29, 1.82) is 0 Å². The van der Waals surface area contributed by atoms with Crippen LogP contribution < -0.4 is 10.2 Å². The highest BCUT2D eigenvalue weighted by Crippen LogP contribution is 2.34. The lowest BCUT2D eigenvalue weighted by Gasteiger charge is -2.32. The van der Waals surface area contributed by atoms with Crippen LogP contribution in [-0.2, 0) is 22.0 Å². The summed E-state index contributed by atoms with van der Waals surface area (Å²) in [6, 6.07) is 0.0931. The van der Waals surface area contributed by atoms with Gasteiger partial charge in [-0.1, -0.05) is 19.0 Å². The predicted molar refractivity (Wildman–Crippen MR) is 124 cm³/mol. The molecular weight excluding hydrogens is 442 g/mol. The lowest BCUT2D eigenvalue weighted by atomic mass is 9.97. The van der Waals surface area contributed by atoms with E-state index in [2.05, 4.69) is 34.2 Å². The summed E-state index contributed by atoms with van der Waals surface area (Å²) in [5.41, 5.74) is 0.877. The molecule has 1 amide bonds. The van der Waals surface area contributed by atoms with Crippen LogP contribution in [0.25, 0.3) is 0 Å². The Labute approximate surface area is 196 Å². The second kappa shape index (κ2) is 9.00. The Balaban J connectivity index is 1.32. The molecule has 0 aromatic carbocycles. The highest BCUT2D eigenvalue weighted by atomic mass is 32.2. The van der Waals surface area contributed by atoms with Crippen molar-refractivity contribution in [2.45, 2.75) is 68.7 Å². The van der Waals surface area contributed by atoms with Crippen molar-refractivity contribution in [3.63, 3.8) is 0 Å². The summed E-state index contributed by atoms with van der Waals surface area (Å²) in [6.45, 7) is 6.33. The van der Waals surface area contributed by atoms with E-state index in [4.69, 9.17) is 14.5 Å². The predicted octanol–water partition coefficient (Wildman–Crippen LogP) is 2.06. The van der Waals surface area contributed by atoms with Gasteiger partial charge in [0.05, 0.1) is 16.5 Å². The summed E-state index contributed by atoms with van der Waals surface area (Å²) in [4.78, 5) is 30.7. The number of fused-ring (bicyclic) bond motifs is 1. The number of likely N-dealkylation sites (tertiary alicyclic amines) is 1. The Morgan fingerprint density at radius 1 is 1.12 bits per heavy atom. The number of amides is 1. The molecule has 0 spiro atoms. The Bertz CT molecular complexity index is 1060. The van der Waals surface area contributed by atoms with Crippen LogP contribution >= 0.6 is 0 Å². The van der Waals surface area contributed by atoms with Gasteiger partial charge in [-0.25, -0.2) is 4.98 Å². The van der Waals surface area contributed by atoms with Crippen LogP contribution in [0, 0.1) is 0 Å². The maximum absolute atomic E-state index is 12.7. The molecule has 0 radical (unpaired) electrons. The molecule has 0 bridgehead atoms. The lowest BCUT2D eigenvalue weighted by Crippen LogP contribution is -2.43. The summed E-state index contributed by atoms with van der Waals surface area (Å²) in [6.07, 6.45) is 3.75. The first-order valence-electron chi connectivity index (χ1n) is 11.8. The molecule has 178 valence electrons. The number of anilines is 2. The average Bonchev–Trinajstić information content (AvgIpc) is 3.44. The van der Waals surface area contributed by atoms with Crippen LogP contribution in [0.15, 0.2) is 9.42 Å². The number of hydrogen-bond acceptors (Lipinski definition) is 9. The highest BCUT2D eigenvalue weighted by molar-refractivity contribution is 7.85. The number of piperidine rings is 2. The minimum Gasteiger partial charge on any atom is -0.364 e. The molecule has 33 heavy (non-hydrogen) atoms. The maximum Gasteiger partial charge on any atom is 0.229 e. The molecule has 5 rings (SSSR count). The second-order valence-corrected chi connectivity index (χ2v) is 11.0. The zero-order valence-corrected chi connectivity index (χ0v) is 20.2. The van der Waals surface area contributed by atoms with E-state index >= 15 is 0 Å². The Hall–Kier alpha value is -2.56. The molecule has 3 aliphatic heterocycles. The summed E-state index contributed by atoms with van der Waals surface area (Å²) in [5, 5.41) is 7.60. The van der Waals surface area contributed by atoms with E-state index < -0.39 is 10.8 Å². The molecule has 2 aromatic rings. The van der Waals surface area contributed by atoms with Crippen LogP contribution in [0.3, 0.4) is 0 Å². The number of nitrogens with one attached hydrogen (secondary N) is 1. The molecular formula is C22H31N7O3S. The van der Waals surface area contributed by atoms with Crippen LogP contribution in [-0.4, -0.2) is 73.6 Å². The van der Waals surface area contributed by atoms with Crippen molar-refractivity contribution >= 4 is 28.5 Å². The van der Waals surface area contributed by atoms with E-state index in [1.54, 1.807) is 4.90 Å². The maximum atomic E-state index is 12.7. The summed E-state index contributed by atoms with van der Waals surface area (Å²) in [5.74, 6) is 4.08. The van der Waals surface area contributed by atoms with Gasteiger partial charge in [-0.3, -0.25) is 9.00 Å². The Morgan fingerprint density at radius 3 is 2.61 bits per heavy atom. The van der Waals surface area contributed by atoms with Crippen molar-refractivity contribution in [2.24, 2.45) is 0 Å². The lowest BCUT2D eigenvalue weighted by molar-refractivity contribution is -0.132. The highest BCUT2D eigenvalue weighted by Gasteiger charge is 2.32. The molecule has 11 heteroatoms. The fourth-order valence-corrected chi connectivity index (χ4v) is 6.03. The van der Waals surface area contributed by atoms with E-state index in [0.717, 1.165) is 54.7 Å². The molecule has 2 atom stereocenters. The molecule has 10 nitrogen and oxygen atoms in total. The number of hydrogen-bond donors (Lipinski definition) is 1. The standard InChI is InChI=1S/C22H31N7O3S/c1-13(2)19-25-21(32-27-19)14-6-9-29(10-7-14)22-24-16-8-11-33(31)18(16)20(26-22)23-15-4-5-17(30)28(3)12-15/h13-15H,4-12H2,1-3H3,(H,23,24,26)/t15-,33?/m0/s1. The fraction of sp³-hybridized carbons (Fsp3) is 0.682. The van der Waals surface area contributed by atoms with Crippen molar-refractivity contribution in [2.75, 3.05) is 42.7 Å². The van der Waals surface area contributed by atoms with Gasteiger partial charge in [0.25, 0.3) is 0 Å². The van der Waals surface area contributed by atoms with Gasteiger partial charge in [0.2, 0.25) is 17.7 Å². The van der Waals surface area contributed by atoms with Crippen molar-refractivity contribution in [3.8, 4) is 0 Å². The molecule has 2 saturated heterocycles. The van der Waals surface area contributed by atoms with Crippen LogP contribution in [0.2, 0.25) is 0 Å². The number of likely N-dealkylation sites (N-methyl/N-ethyl adjacent to an activating group) is 1. The zero-order chi connectivity index (χ0) is 23.1. The van der Waals surface area contributed by atoms with Gasteiger partial charge in [0.15, 0.2) is 5.82 Å². The van der Waals surface area contributed by atoms with E-state index in [1.165, 1.54) is 0 Å². The van der Waals surface area contributed by atoms with E-state index in [9.17, 15) is 9.00 Å². The zero-order valence-electron chi connectivity index (χ0n) is 19.4. The number of rotatable bonds is 5. The first-order chi connectivity index (χ1) is 15.9. The van der Waals surface area contributed by atoms with Gasteiger partial charge in [-0.05, 0) is 19.3 Å². The molecule has 2 fully saturated rings. The third kappa shape index (κ3) is 4.47. The molecule has 3 aliphatic rings. The molecule has 0 aliphatic carbocycles. The molecule has 5 heterocycles. The molecule has 1 N–H and O–H groups in total. The second-order valence-electron chi connectivity index (χ2n) is 9.51. The summed E-state index contributed by atoms with van der Waals surface area (Å²) < 4.78 is 18.2. The minimum absolute atomic E-state index is 0.0931. The van der Waals surface area contributed by atoms with Gasteiger partial charge >= 0.3 is 0 Å². The minimum atomic E-state index is -1.09. The topological polar surface area (TPSA) is 117 Å². The third-order valence-electron chi connectivity index (χ3n) is 6.74. The van der Waals surface area contributed by atoms with Gasteiger partial charge in [-0.2, -0.15) is 9.97 Å². The summed E-state index contributed by atoms with van der Waals surface area (Å²) in [7, 11) is 0.732. The van der Waals surface area contributed by atoms with Crippen LogP contribution in [0.5, 0.6) is 0 Å². The molecule has 0 saturated carbocycles. The SMILES string of the molecule is CC(C)c1noc(C2CCN(c3nc4c(c(N[C@H]5CCC(=O)N(C)C5)n3)S(=O)CC4)CC2)n1. The van der Waals surface area contributed by atoms with Gasteiger partial charge < -0.3 is 19.6 Å². The van der Waals surface area contributed by atoms with Crippen molar-refractivity contribution < 1.29 is 13.5 Å². The van der Waals surface area contributed by atoms with Gasteiger partial charge in [0.1, 0.15) is 10.7 Å². The number of aryl methyl sites for hydroxylation is 1. The van der Waals surface area contributed by atoms with Crippen LogP contribution in [0.4, 0.5) is 11.8 Å². The van der Waals surface area contributed by atoms with E-state index in [-0.39, 0.29) is 23.8 Å². The van der Waals surface area contributed by atoms with Crippen molar-refractivity contribution in [1.82, 2.24) is 25.0 Å². The Kier molecular flexibility index (Phi) is 6.07. The summed E-state index contributed by atoms with van der Waals surface area (Å²) >= 11 is 0. The first kappa shape index (κ1) is 22.2. The number of aromatic nitrogens is 4. The largest absolute Gasteiger partial charge is 0.364 e. The molecule has 2 aromatic heterocycles.